The lowest BCUT2D eigenvalue weighted by Crippen LogP contribution is -2.13. The van der Waals surface area contributed by atoms with Crippen molar-refractivity contribution < 1.29 is 5.11 Å². The summed E-state index contributed by atoms with van der Waals surface area (Å²) in [6, 6.07) is 2.09. The Kier molecular flexibility index (Phi) is 3.90. The fraction of sp³-hybridized carbons (Fsp3) is 0.538. The summed E-state index contributed by atoms with van der Waals surface area (Å²) < 4.78 is 1.82. The lowest BCUT2D eigenvalue weighted by atomic mass is 10.0. The minimum atomic E-state index is -0.643. The standard InChI is InChI=1S/C13H19N5O/c1-8(2)18-13(14-7-15-18)6-12(19)11-5-9(3)16-17-10(11)4/h5,7-8,12,19H,6H2,1-4H3. The third kappa shape index (κ3) is 2.96. The summed E-state index contributed by atoms with van der Waals surface area (Å²) >= 11 is 0. The Bertz CT molecular complexity index is 564. The highest BCUT2D eigenvalue weighted by molar-refractivity contribution is 5.23. The normalized spacial score (nSPS) is 12.9. The van der Waals surface area contributed by atoms with Crippen LogP contribution >= 0.6 is 0 Å². The first-order chi connectivity index (χ1) is 8.99. The third-order valence-corrected chi connectivity index (χ3v) is 3.01. The van der Waals surface area contributed by atoms with Gasteiger partial charge >= 0.3 is 0 Å². The number of hydrogen-bond donors (Lipinski definition) is 1. The van der Waals surface area contributed by atoms with Crippen molar-refractivity contribution >= 4 is 0 Å². The Balaban J connectivity index is 2.23. The van der Waals surface area contributed by atoms with E-state index in [0.717, 1.165) is 22.8 Å². The van der Waals surface area contributed by atoms with Gasteiger partial charge in [-0.2, -0.15) is 15.3 Å². The van der Waals surface area contributed by atoms with Crippen molar-refractivity contribution in [3.05, 3.63) is 35.2 Å². The predicted octanol–water partition coefficient (Wildman–Crippen LogP) is 1.54. The van der Waals surface area contributed by atoms with E-state index in [1.54, 1.807) is 0 Å². The third-order valence-electron chi connectivity index (χ3n) is 3.01. The van der Waals surface area contributed by atoms with Crippen LogP contribution in [0, 0.1) is 13.8 Å². The number of aromatic nitrogens is 5. The Morgan fingerprint density at radius 3 is 2.68 bits per heavy atom. The molecule has 0 saturated carbocycles. The van der Waals surface area contributed by atoms with Crippen molar-refractivity contribution in [2.45, 2.75) is 46.3 Å². The van der Waals surface area contributed by atoms with Crippen LogP contribution in [0.2, 0.25) is 0 Å². The fourth-order valence-corrected chi connectivity index (χ4v) is 2.04. The maximum Gasteiger partial charge on any atom is 0.138 e. The van der Waals surface area contributed by atoms with Crippen molar-refractivity contribution in [3.8, 4) is 0 Å². The van der Waals surface area contributed by atoms with Crippen molar-refractivity contribution in [1.29, 1.82) is 0 Å². The molecule has 0 bridgehead atoms. The van der Waals surface area contributed by atoms with Crippen molar-refractivity contribution in [2.24, 2.45) is 0 Å². The van der Waals surface area contributed by atoms with Gasteiger partial charge < -0.3 is 5.11 Å². The second-order valence-electron chi connectivity index (χ2n) is 4.96. The maximum atomic E-state index is 10.4. The molecule has 2 heterocycles. The molecule has 2 rings (SSSR count). The van der Waals surface area contributed by atoms with E-state index < -0.39 is 6.10 Å². The van der Waals surface area contributed by atoms with Crippen LogP contribution in [0.4, 0.5) is 0 Å². The first-order valence-electron chi connectivity index (χ1n) is 6.36. The molecule has 6 nitrogen and oxygen atoms in total. The summed E-state index contributed by atoms with van der Waals surface area (Å²) in [4.78, 5) is 4.21. The monoisotopic (exact) mass is 261 g/mol. The number of aliphatic hydroxyl groups excluding tert-OH is 1. The molecule has 0 fully saturated rings. The summed E-state index contributed by atoms with van der Waals surface area (Å²) in [6.45, 7) is 7.78. The van der Waals surface area contributed by atoms with Gasteiger partial charge in [0.05, 0.1) is 17.5 Å². The van der Waals surface area contributed by atoms with Gasteiger partial charge in [0.2, 0.25) is 0 Å². The van der Waals surface area contributed by atoms with Gasteiger partial charge in [0.25, 0.3) is 0 Å². The van der Waals surface area contributed by atoms with Crippen LogP contribution in [0.15, 0.2) is 12.4 Å². The van der Waals surface area contributed by atoms with E-state index in [1.165, 1.54) is 6.33 Å². The molecule has 0 amide bonds. The van der Waals surface area contributed by atoms with Crippen LogP contribution in [-0.2, 0) is 6.42 Å². The number of aryl methyl sites for hydroxylation is 2. The Labute approximate surface area is 112 Å². The molecule has 1 N–H and O–H groups in total. The molecule has 2 aromatic heterocycles. The molecule has 1 atom stereocenters. The van der Waals surface area contributed by atoms with E-state index in [9.17, 15) is 5.11 Å². The lowest BCUT2D eigenvalue weighted by molar-refractivity contribution is 0.172. The van der Waals surface area contributed by atoms with Gasteiger partial charge in [-0.1, -0.05) is 0 Å². The zero-order valence-electron chi connectivity index (χ0n) is 11.7. The average molecular weight is 261 g/mol. The largest absolute Gasteiger partial charge is 0.388 e. The smallest absolute Gasteiger partial charge is 0.138 e. The number of aliphatic hydroxyl groups is 1. The summed E-state index contributed by atoms with van der Waals surface area (Å²) in [5.41, 5.74) is 2.34. The highest BCUT2D eigenvalue weighted by Gasteiger charge is 2.17. The summed E-state index contributed by atoms with van der Waals surface area (Å²) in [6.07, 6.45) is 1.30. The van der Waals surface area contributed by atoms with Crippen LogP contribution < -0.4 is 0 Å². The fourth-order valence-electron chi connectivity index (χ4n) is 2.04. The minimum absolute atomic E-state index is 0.225. The van der Waals surface area contributed by atoms with Gasteiger partial charge in [-0.15, -0.1) is 0 Å². The number of rotatable bonds is 4. The van der Waals surface area contributed by atoms with Crippen LogP contribution in [0.1, 0.15) is 48.8 Å². The van der Waals surface area contributed by atoms with Crippen molar-refractivity contribution in [3.63, 3.8) is 0 Å². The first kappa shape index (κ1) is 13.6. The molecule has 0 radical (unpaired) electrons. The van der Waals surface area contributed by atoms with Gasteiger partial charge in [0.15, 0.2) is 0 Å². The van der Waals surface area contributed by atoms with Crippen LogP contribution in [0.25, 0.3) is 0 Å². The molecule has 6 heteroatoms. The molecule has 2 aromatic rings. The van der Waals surface area contributed by atoms with Gasteiger partial charge in [-0.25, -0.2) is 9.67 Å². The van der Waals surface area contributed by atoms with Gasteiger partial charge in [0.1, 0.15) is 12.2 Å². The van der Waals surface area contributed by atoms with E-state index in [0.29, 0.717) is 6.42 Å². The van der Waals surface area contributed by atoms with E-state index in [2.05, 4.69) is 20.3 Å². The van der Waals surface area contributed by atoms with Gasteiger partial charge in [0, 0.05) is 18.0 Å². The molecular weight excluding hydrogens is 242 g/mol. The Hall–Kier alpha value is -1.82. The molecule has 0 spiro atoms. The molecule has 0 aliphatic rings. The Morgan fingerprint density at radius 2 is 2.00 bits per heavy atom. The van der Waals surface area contributed by atoms with Crippen molar-refractivity contribution in [2.75, 3.05) is 0 Å². The Morgan fingerprint density at radius 1 is 1.26 bits per heavy atom. The molecule has 0 aliphatic carbocycles. The molecule has 102 valence electrons. The second kappa shape index (κ2) is 5.44. The number of hydrogen-bond acceptors (Lipinski definition) is 5. The van der Waals surface area contributed by atoms with E-state index in [-0.39, 0.29) is 6.04 Å². The van der Waals surface area contributed by atoms with Crippen molar-refractivity contribution in [1.82, 2.24) is 25.0 Å². The summed E-state index contributed by atoms with van der Waals surface area (Å²) in [7, 11) is 0. The van der Waals surface area contributed by atoms with E-state index in [1.807, 2.05) is 38.4 Å². The molecule has 19 heavy (non-hydrogen) atoms. The summed E-state index contributed by atoms with van der Waals surface area (Å²) in [5, 5.41) is 22.5. The van der Waals surface area contributed by atoms with Crippen LogP contribution in [0.3, 0.4) is 0 Å². The SMILES string of the molecule is Cc1cc(C(O)Cc2ncnn2C(C)C)c(C)nn1. The maximum absolute atomic E-state index is 10.4. The minimum Gasteiger partial charge on any atom is -0.388 e. The molecular formula is C13H19N5O. The zero-order chi connectivity index (χ0) is 14.0. The summed E-state index contributed by atoms with van der Waals surface area (Å²) in [5.74, 6) is 0.774. The quantitative estimate of drug-likeness (QED) is 0.903. The molecule has 1 unspecified atom stereocenters. The molecule has 0 aromatic carbocycles. The highest BCUT2D eigenvalue weighted by atomic mass is 16.3. The first-order valence-corrected chi connectivity index (χ1v) is 6.36. The zero-order valence-corrected chi connectivity index (χ0v) is 11.7. The predicted molar refractivity (Wildman–Crippen MR) is 70.6 cm³/mol. The second-order valence-corrected chi connectivity index (χ2v) is 4.96. The van der Waals surface area contributed by atoms with Crippen LogP contribution in [-0.4, -0.2) is 30.1 Å². The van der Waals surface area contributed by atoms with E-state index >= 15 is 0 Å². The molecule has 0 aliphatic heterocycles. The average Bonchev–Trinajstić information content (AvgIpc) is 2.80. The van der Waals surface area contributed by atoms with Gasteiger partial charge in [-0.05, 0) is 33.8 Å². The highest BCUT2D eigenvalue weighted by Crippen LogP contribution is 2.20. The van der Waals surface area contributed by atoms with Crippen LogP contribution in [0.5, 0.6) is 0 Å². The van der Waals surface area contributed by atoms with E-state index in [4.69, 9.17) is 0 Å². The topological polar surface area (TPSA) is 76.7 Å². The number of nitrogens with zero attached hydrogens (tertiary/aromatic N) is 5. The van der Waals surface area contributed by atoms with Gasteiger partial charge in [-0.3, -0.25) is 0 Å². The lowest BCUT2D eigenvalue weighted by Gasteiger charge is -2.15. The molecule has 0 saturated heterocycles.